The van der Waals surface area contributed by atoms with Gasteiger partial charge in [0.1, 0.15) is 0 Å². The van der Waals surface area contributed by atoms with Crippen LogP contribution in [-0.4, -0.2) is 44.9 Å². The van der Waals surface area contributed by atoms with Crippen LogP contribution in [0.15, 0.2) is 59.5 Å². The highest BCUT2D eigenvalue weighted by atomic mass is 32.2. The van der Waals surface area contributed by atoms with Crippen molar-refractivity contribution < 1.29 is 13.2 Å². The maximum absolute atomic E-state index is 12.8. The zero-order valence-corrected chi connectivity index (χ0v) is 16.4. The number of hydrogen-bond acceptors (Lipinski definition) is 4. The van der Waals surface area contributed by atoms with Crippen LogP contribution < -0.4 is 10.0 Å². The van der Waals surface area contributed by atoms with Crippen LogP contribution in [0.1, 0.15) is 35.8 Å². The van der Waals surface area contributed by atoms with Gasteiger partial charge in [-0.05, 0) is 37.6 Å². The number of carbonyl (C=O) groups is 1. The maximum atomic E-state index is 12.8. The molecule has 1 fully saturated rings. The third-order valence-corrected chi connectivity index (χ3v) is 6.22. The van der Waals surface area contributed by atoms with Crippen LogP contribution in [0.4, 0.5) is 0 Å². The van der Waals surface area contributed by atoms with E-state index >= 15 is 0 Å². The third-order valence-electron chi connectivity index (χ3n) is 4.68. The number of carbonyl (C=O) groups excluding carboxylic acids is 1. The molecule has 0 aliphatic carbocycles. The first-order chi connectivity index (χ1) is 12.9. The van der Waals surface area contributed by atoms with Crippen LogP contribution >= 0.6 is 0 Å². The molecule has 3 rings (SSSR count). The molecule has 0 spiro atoms. The molecular weight excluding hydrogens is 362 g/mol. The van der Waals surface area contributed by atoms with Gasteiger partial charge in [0, 0.05) is 37.3 Å². The molecule has 2 aromatic carbocycles. The molecule has 0 radical (unpaired) electrons. The number of nitrogens with zero attached hydrogens (tertiary/aromatic N) is 1. The van der Waals surface area contributed by atoms with E-state index in [4.69, 9.17) is 0 Å². The first kappa shape index (κ1) is 19.5. The smallest absolute Gasteiger partial charge is 0.253 e. The van der Waals surface area contributed by atoms with Gasteiger partial charge in [0.2, 0.25) is 10.0 Å². The van der Waals surface area contributed by atoms with E-state index in [2.05, 4.69) is 10.0 Å². The van der Waals surface area contributed by atoms with E-state index in [0.717, 1.165) is 12.1 Å². The molecule has 0 saturated carbocycles. The minimum absolute atomic E-state index is 0.0966. The van der Waals surface area contributed by atoms with Crippen molar-refractivity contribution in [2.45, 2.75) is 30.8 Å². The number of hydrogen-bond donors (Lipinski definition) is 2. The summed E-state index contributed by atoms with van der Waals surface area (Å²) < 4.78 is 28.2. The Bertz CT molecular complexity index is 900. The number of benzene rings is 2. The first-order valence-electron chi connectivity index (χ1n) is 9.07. The van der Waals surface area contributed by atoms with Crippen LogP contribution in [0.3, 0.4) is 0 Å². The third kappa shape index (κ3) is 4.74. The second-order valence-corrected chi connectivity index (χ2v) is 8.60. The van der Waals surface area contributed by atoms with E-state index in [-0.39, 0.29) is 22.9 Å². The van der Waals surface area contributed by atoms with Gasteiger partial charge in [-0.2, -0.15) is 0 Å². The molecule has 27 heavy (non-hydrogen) atoms. The van der Waals surface area contributed by atoms with E-state index in [1.165, 1.54) is 12.1 Å². The molecule has 2 unspecified atom stereocenters. The normalized spacial score (nSPS) is 18.9. The number of nitrogens with one attached hydrogen (secondary N) is 2. The topological polar surface area (TPSA) is 78.5 Å². The average Bonchev–Trinajstić information content (AvgIpc) is 2.68. The summed E-state index contributed by atoms with van der Waals surface area (Å²) in [6.07, 6.45) is 0. The van der Waals surface area contributed by atoms with Crippen LogP contribution in [0, 0.1) is 0 Å². The lowest BCUT2D eigenvalue weighted by atomic mass is 10.1. The van der Waals surface area contributed by atoms with Crippen LogP contribution in [0.5, 0.6) is 0 Å². The second-order valence-electron chi connectivity index (χ2n) is 6.89. The van der Waals surface area contributed by atoms with Gasteiger partial charge in [-0.3, -0.25) is 4.79 Å². The summed E-state index contributed by atoms with van der Waals surface area (Å²) in [4.78, 5) is 14.6. The van der Waals surface area contributed by atoms with Gasteiger partial charge in [-0.15, -0.1) is 0 Å². The summed E-state index contributed by atoms with van der Waals surface area (Å²) in [5, 5.41) is 3.29. The molecule has 1 aliphatic heterocycles. The number of sulfonamides is 1. The summed E-state index contributed by atoms with van der Waals surface area (Å²) in [6.45, 7) is 5.78. The second kappa shape index (κ2) is 8.21. The Morgan fingerprint density at radius 3 is 2.63 bits per heavy atom. The number of piperazine rings is 1. The molecule has 6 nitrogen and oxygen atoms in total. The Morgan fingerprint density at radius 2 is 1.93 bits per heavy atom. The molecule has 2 atom stereocenters. The van der Waals surface area contributed by atoms with Gasteiger partial charge in [0.15, 0.2) is 0 Å². The van der Waals surface area contributed by atoms with Gasteiger partial charge >= 0.3 is 0 Å². The van der Waals surface area contributed by atoms with Gasteiger partial charge in [0.05, 0.1) is 4.90 Å². The zero-order valence-electron chi connectivity index (χ0n) is 15.6. The van der Waals surface area contributed by atoms with Gasteiger partial charge in [-0.1, -0.05) is 36.4 Å². The molecule has 1 aliphatic rings. The first-order valence-corrected chi connectivity index (χ1v) is 10.5. The molecule has 2 aromatic rings. The maximum Gasteiger partial charge on any atom is 0.253 e. The Hall–Kier alpha value is -2.22. The summed E-state index contributed by atoms with van der Waals surface area (Å²) in [5.74, 6) is -0.142. The largest absolute Gasteiger partial charge is 0.336 e. The van der Waals surface area contributed by atoms with Crippen LogP contribution in [0.2, 0.25) is 0 Å². The summed E-state index contributed by atoms with van der Waals surface area (Å²) >= 11 is 0. The monoisotopic (exact) mass is 387 g/mol. The van der Waals surface area contributed by atoms with Crippen molar-refractivity contribution >= 4 is 15.9 Å². The lowest BCUT2D eigenvalue weighted by Gasteiger charge is -2.32. The van der Waals surface area contributed by atoms with Crippen molar-refractivity contribution in [2.75, 3.05) is 19.6 Å². The Labute approximate surface area is 160 Å². The van der Waals surface area contributed by atoms with Crippen molar-refractivity contribution in [1.82, 2.24) is 14.9 Å². The highest BCUT2D eigenvalue weighted by Crippen LogP contribution is 2.18. The summed E-state index contributed by atoms with van der Waals surface area (Å²) in [6, 6.07) is 15.5. The van der Waals surface area contributed by atoms with Crippen LogP contribution in [0.25, 0.3) is 0 Å². The van der Waals surface area contributed by atoms with Gasteiger partial charge in [-0.25, -0.2) is 13.1 Å². The number of amides is 1. The van der Waals surface area contributed by atoms with E-state index in [0.29, 0.717) is 18.7 Å². The fourth-order valence-electron chi connectivity index (χ4n) is 3.21. The zero-order chi connectivity index (χ0) is 19.4. The SMILES string of the molecule is CC1CN(C(=O)c2cccc(S(=O)(=O)NC(C)c3ccccc3)c2)CCN1. The van der Waals surface area contributed by atoms with Gasteiger partial charge in [0.25, 0.3) is 5.91 Å². The van der Waals surface area contributed by atoms with Crippen molar-refractivity contribution in [2.24, 2.45) is 0 Å². The fraction of sp³-hybridized carbons (Fsp3) is 0.350. The van der Waals surface area contributed by atoms with Crippen molar-refractivity contribution in [3.63, 3.8) is 0 Å². The van der Waals surface area contributed by atoms with Crippen molar-refractivity contribution in [1.29, 1.82) is 0 Å². The van der Waals surface area contributed by atoms with E-state index in [1.54, 1.807) is 24.0 Å². The molecule has 2 N–H and O–H groups in total. The van der Waals surface area contributed by atoms with Crippen LogP contribution in [-0.2, 0) is 10.0 Å². The molecular formula is C20H25N3O3S. The average molecular weight is 388 g/mol. The van der Waals surface area contributed by atoms with E-state index in [1.807, 2.05) is 37.3 Å². The Morgan fingerprint density at radius 1 is 1.19 bits per heavy atom. The lowest BCUT2D eigenvalue weighted by Crippen LogP contribution is -2.51. The summed E-state index contributed by atoms with van der Waals surface area (Å²) in [5.41, 5.74) is 1.27. The van der Waals surface area contributed by atoms with E-state index < -0.39 is 10.0 Å². The minimum atomic E-state index is -3.74. The molecule has 0 bridgehead atoms. The highest BCUT2D eigenvalue weighted by molar-refractivity contribution is 7.89. The minimum Gasteiger partial charge on any atom is -0.336 e. The predicted octanol–water partition coefficient (Wildman–Crippen LogP) is 2.16. The molecule has 1 heterocycles. The molecule has 0 aromatic heterocycles. The molecule has 144 valence electrons. The van der Waals surface area contributed by atoms with Crippen molar-refractivity contribution in [3.05, 3.63) is 65.7 Å². The van der Waals surface area contributed by atoms with Gasteiger partial charge < -0.3 is 10.2 Å². The molecule has 7 heteroatoms. The molecule has 1 saturated heterocycles. The fourth-order valence-corrected chi connectivity index (χ4v) is 4.48. The Kier molecular flexibility index (Phi) is 5.94. The number of rotatable bonds is 5. The van der Waals surface area contributed by atoms with Crippen molar-refractivity contribution in [3.8, 4) is 0 Å². The Balaban J connectivity index is 1.78. The lowest BCUT2D eigenvalue weighted by molar-refractivity contribution is 0.0709. The summed E-state index contributed by atoms with van der Waals surface area (Å²) in [7, 11) is -3.74. The van der Waals surface area contributed by atoms with E-state index in [9.17, 15) is 13.2 Å². The molecule has 1 amide bonds. The predicted molar refractivity (Wildman–Crippen MR) is 105 cm³/mol. The highest BCUT2D eigenvalue weighted by Gasteiger charge is 2.24. The quantitative estimate of drug-likeness (QED) is 0.824. The standard InChI is InChI=1S/C20H25N3O3S/c1-15-14-23(12-11-21-15)20(24)18-9-6-10-19(13-18)27(25,26)22-16(2)17-7-4-3-5-8-17/h3-10,13,15-16,21-22H,11-12,14H2,1-2H3.